The van der Waals surface area contributed by atoms with E-state index in [0.29, 0.717) is 24.2 Å². The van der Waals surface area contributed by atoms with Crippen molar-refractivity contribution in [3.63, 3.8) is 0 Å². The smallest absolute Gasteiger partial charge is 0.338 e. The minimum atomic E-state index is -0.687. The Morgan fingerprint density at radius 1 is 0.971 bits per heavy atom. The van der Waals surface area contributed by atoms with E-state index < -0.39 is 30.3 Å². The molecule has 1 aliphatic heterocycles. The minimum absolute atomic E-state index is 0.198. The normalized spacial score (nSPS) is 24.0. The Balaban J connectivity index is 1.37. The topological polar surface area (TPSA) is 92.8 Å². The van der Waals surface area contributed by atoms with Crippen LogP contribution in [0.5, 0.6) is 0 Å². The number of amides is 3. The number of carbonyl (C=O) groups is 4. The first kappa shape index (κ1) is 24.2. The van der Waals surface area contributed by atoms with Gasteiger partial charge in [0, 0.05) is 5.69 Å². The van der Waals surface area contributed by atoms with Crippen LogP contribution < -0.4 is 10.2 Å². The quantitative estimate of drug-likeness (QED) is 0.363. The first-order valence-electron chi connectivity index (χ1n) is 11.1. The predicted molar refractivity (Wildman–Crippen MR) is 129 cm³/mol. The van der Waals surface area contributed by atoms with Gasteiger partial charge in [-0.25, -0.2) is 4.79 Å². The number of esters is 1. The van der Waals surface area contributed by atoms with E-state index in [0.717, 1.165) is 16.9 Å². The molecule has 2 aromatic rings. The number of aryl methyl sites for hydroxylation is 1. The number of nitrogens with one attached hydrogen (secondary N) is 1. The number of hydrogen-bond acceptors (Lipinski definition) is 5. The lowest BCUT2D eigenvalue weighted by atomic mass is 9.80. The molecule has 7 nitrogen and oxygen atoms in total. The molecule has 2 fully saturated rings. The summed E-state index contributed by atoms with van der Waals surface area (Å²) >= 11 is 12.4. The second-order valence-corrected chi connectivity index (χ2v) is 9.53. The van der Waals surface area contributed by atoms with Gasteiger partial charge in [-0.15, -0.1) is 23.2 Å². The fourth-order valence-corrected chi connectivity index (χ4v) is 5.04. The molecule has 1 saturated carbocycles. The summed E-state index contributed by atoms with van der Waals surface area (Å²) in [4.78, 5) is 51.4. The highest BCUT2D eigenvalue weighted by atomic mass is 35.5. The summed E-state index contributed by atoms with van der Waals surface area (Å²) in [5.41, 5.74) is 2.22. The monoisotopic (exact) mass is 502 g/mol. The van der Waals surface area contributed by atoms with Crippen LogP contribution >= 0.6 is 23.2 Å². The Bertz CT molecular complexity index is 1090. The maximum absolute atomic E-state index is 12.9. The third-order valence-electron chi connectivity index (χ3n) is 6.28. The van der Waals surface area contributed by atoms with Gasteiger partial charge in [-0.1, -0.05) is 25.1 Å². The summed E-state index contributed by atoms with van der Waals surface area (Å²) in [6, 6.07) is 13.3. The number of ether oxygens (including phenoxy) is 1. The fourth-order valence-electron chi connectivity index (χ4n) is 4.45. The van der Waals surface area contributed by atoms with Crippen LogP contribution in [0.1, 0.15) is 35.7 Å². The minimum Gasteiger partial charge on any atom is -0.452 e. The SMILES string of the molecule is CCc1ccccc1NC(=O)COC(=O)c1ccc(N2C(=O)[C@@H]3C[C@H](Cl)[C@@H](Cl)C[C@H]3C2=O)cc1. The highest BCUT2D eigenvalue weighted by molar-refractivity contribution is 6.31. The zero-order valence-electron chi connectivity index (χ0n) is 18.5. The van der Waals surface area contributed by atoms with E-state index in [4.69, 9.17) is 27.9 Å². The van der Waals surface area contributed by atoms with Gasteiger partial charge in [0.1, 0.15) is 0 Å². The van der Waals surface area contributed by atoms with Crippen LogP contribution in [0.15, 0.2) is 48.5 Å². The lowest BCUT2D eigenvalue weighted by Crippen LogP contribution is -2.34. The third-order valence-corrected chi connectivity index (χ3v) is 7.37. The molecule has 4 rings (SSSR count). The molecule has 0 aromatic heterocycles. The van der Waals surface area contributed by atoms with Crippen molar-refractivity contribution >= 4 is 58.3 Å². The molecule has 0 radical (unpaired) electrons. The van der Waals surface area contributed by atoms with Gasteiger partial charge in [0.2, 0.25) is 11.8 Å². The van der Waals surface area contributed by atoms with Crippen molar-refractivity contribution in [2.75, 3.05) is 16.8 Å². The lowest BCUT2D eigenvalue weighted by molar-refractivity contribution is -0.122. The van der Waals surface area contributed by atoms with E-state index in [1.54, 1.807) is 6.07 Å². The van der Waals surface area contributed by atoms with Crippen LogP contribution in [0.2, 0.25) is 0 Å². The van der Waals surface area contributed by atoms with E-state index in [-0.39, 0.29) is 28.1 Å². The highest BCUT2D eigenvalue weighted by Crippen LogP contribution is 2.43. The number of hydrogen-bond donors (Lipinski definition) is 1. The lowest BCUT2D eigenvalue weighted by Gasteiger charge is -2.28. The Morgan fingerprint density at radius 3 is 2.15 bits per heavy atom. The van der Waals surface area contributed by atoms with Gasteiger partial charge in [-0.05, 0) is 55.2 Å². The number of carbonyl (C=O) groups excluding carboxylic acids is 4. The van der Waals surface area contributed by atoms with Crippen LogP contribution in [0.3, 0.4) is 0 Å². The second kappa shape index (κ2) is 10.2. The molecule has 3 amide bonds. The maximum atomic E-state index is 12.9. The number of alkyl halides is 2. The van der Waals surface area contributed by atoms with Gasteiger partial charge >= 0.3 is 5.97 Å². The summed E-state index contributed by atoms with van der Waals surface area (Å²) in [5, 5.41) is 2.02. The van der Waals surface area contributed by atoms with Gasteiger partial charge in [-0.3, -0.25) is 19.3 Å². The van der Waals surface area contributed by atoms with Crippen molar-refractivity contribution < 1.29 is 23.9 Å². The number of benzene rings is 2. The van der Waals surface area contributed by atoms with Crippen LogP contribution in [-0.2, 0) is 25.5 Å². The average Bonchev–Trinajstić information content (AvgIpc) is 3.07. The van der Waals surface area contributed by atoms with Crippen molar-refractivity contribution in [2.24, 2.45) is 11.8 Å². The number of halogens is 2. The number of nitrogens with zero attached hydrogens (tertiary/aromatic N) is 1. The van der Waals surface area contributed by atoms with Crippen LogP contribution in [0.4, 0.5) is 11.4 Å². The van der Waals surface area contributed by atoms with Crippen molar-refractivity contribution in [1.82, 2.24) is 0 Å². The Morgan fingerprint density at radius 2 is 1.56 bits per heavy atom. The number of rotatable bonds is 6. The van der Waals surface area contributed by atoms with E-state index >= 15 is 0 Å². The van der Waals surface area contributed by atoms with Crippen LogP contribution in [-0.4, -0.2) is 41.1 Å². The van der Waals surface area contributed by atoms with Gasteiger partial charge in [0.25, 0.3) is 5.91 Å². The first-order valence-corrected chi connectivity index (χ1v) is 12.0. The van der Waals surface area contributed by atoms with Gasteiger partial charge < -0.3 is 10.1 Å². The summed E-state index contributed by atoms with van der Waals surface area (Å²) in [6.07, 6.45) is 1.47. The predicted octanol–water partition coefficient (Wildman–Crippen LogP) is 4.16. The molecular weight excluding hydrogens is 479 g/mol. The molecule has 4 atom stereocenters. The maximum Gasteiger partial charge on any atom is 0.338 e. The number of para-hydroxylation sites is 1. The van der Waals surface area contributed by atoms with Gasteiger partial charge in [0.05, 0.1) is 33.8 Å². The number of fused-ring (bicyclic) bond motifs is 1. The van der Waals surface area contributed by atoms with Crippen LogP contribution in [0.25, 0.3) is 0 Å². The summed E-state index contributed by atoms with van der Waals surface area (Å²) in [5.74, 6) is -2.70. The molecule has 0 spiro atoms. The molecule has 34 heavy (non-hydrogen) atoms. The van der Waals surface area contributed by atoms with E-state index in [9.17, 15) is 19.2 Å². The molecule has 1 heterocycles. The van der Waals surface area contributed by atoms with Gasteiger partial charge in [-0.2, -0.15) is 0 Å². The van der Waals surface area contributed by atoms with Crippen LogP contribution in [0, 0.1) is 11.8 Å². The average molecular weight is 503 g/mol. The Kier molecular flexibility index (Phi) is 7.24. The zero-order chi connectivity index (χ0) is 24.4. The standard InChI is InChI=1S/C25H24Cl2N2O5/c1-2-14-5-3-4-6-21(14)28-22(30)13-34-25(33)15-7-9-16(10-8-15)29-23(31)17-11-19(26)20(27)12-18(17)24(29)32/h3-10,17-20H,2,11-13H2,1H3,(H,28,30)/t17-,18-,19+,20+/m1/s1. The van der Waals surface area contributed by atoms with E-state index in [1.165, 1.54) is 24.3 Å². The summed E-state index contributed by atoms with van der Waals surface area (Å²) < 4.78 is 5.12. The number of imide groups is 1. The van der Waals surface area contributed by atoms with Gasteiger partial charge in [0.15, 0.2) is 6.61 Å². The molecule has 1 N–H and O–H groups in total. The first-order chi connectivity index (χ1) is 16.3. The Hall–Kier alpha value is -2.90. The molecule has 0 unspecified atom stereocenters. The molecule has 1 saturated heterocycles. The van der Waals surface area contributed by atoms with Crippen molar-refractivity contribution in [1.29, 1.82) is 0 Å². The van der Waals surface area contributed by atoms with Crippen molar-refractivity contribution in [3.05, 3.63) is 59.7 Å². The largest absolute Gasteiger partial charge is 0.452 e. The molecule has 2 aliphatic rings. The zero-order valence-corrected chi connectivity index (χ0v) is 20.0. The van der Waals surface area contributed by atoms with Crippen molar-refractivity contribution in [2.45, 2.75) is 36.9 Å². The molecule has 0 bridgehead atoms. The summed E-state index contributed by atoms with van der Waals surface area (Å²) in [6.45, 7) is 1.54. The van der Waals surface area contributed by atoms with E-state index in [2.05, 4.69) is 5.32 Å². The Labute approximate surface area is 207 Å². The number of anilines is 2. The fraction of sp³-hybridized carbons (Fsp3) is 0.360. The molecule has 2 aromatic carbocycles. The molecule has 178 valence electrons. The highest BCUT2D eigenvalue weighted by Gasteiger charge is 2.52. The van der Waals surface area contributed by atoms with E-state index in [1.807, 2.05) is 25.1 Å². The molecule has 9 heteroatoms. The van der Waals surface area contributed by atoms with Crippen molar-refractivity contribution in [3.8, 4) is 0 Å². The molecular formula is C25H24Cl2N2O5. The summed E-state index contributed by atoms with van der Waals surface area (Å²) in [7, 11) is 0. The second-order valence-electron chi connectivity index (χ2n) is 8.41. The third kappa shape index (κ3) is 4.81. The molecule has 1 aliphatic carbocycles.